The highest BCUT2D eigenvalue weighted by Gasteiger charge is 2.23. The Morgan fingerprint density at radius 2 is 1.41 bits per heavy atom. The summed E-state index contributed by atoms with van der Waals surface area (Å²) in [5.74, 6) is 1.08. The molecule has 0 atom stereocenters. The van der Waals surface area contributed by atoms with Crippen molar-refractivity contribution < 1.29 is 23.8 Å². The second-order valence-corrected chi connectivity index (χ2v) is 6.75. The van der Waals surface area contributed by atoms with Gasteiger partial charge in [0, 0.05) is 16.5 Å². The predicted molar refractivity (Wildman–Crippen MR) is 112 cm³/mol. The van der Waals surface area contributed by atoms with E-state index >= 15 is 0 Å². The van der Waals surface area contributed by atoms with E-state index in [9.17, 15) is 9.90 Å². The predicted octanol–water partition coefficient (Wildman–Crippen LogP) is 5.79. The topological polar surface area (TPSA) is 68.9 Å². The molecule has 1 heterocycles. The lowest BCUT2D eigenvalue weighted by Crippen LogP contribution is -1.98. The fourth-order valence-electron chi connectivity index (χ4n) is 3.51. The van der Waals surface area contributed by atoms with Gasteiger partial charge in [0.25, 0.3) is 0 Å². The van der Waals surface area contributed by atoms with Crippen LogP contribution in [0.4, 0.5) is 0 Å². The number of benzene rings is 3. The Balaban J connectivity index is 2.05. The summed E-state index contributed by atoms with van der Waals surface area (Å²) in [6.07, 6.45) is 0. The number of hydrogen-bond acceptors (Lipinski definition) is 4. The van der Waals surface area contributed by atoms with E-state index < -0.39 is 5.97 Å². The van der Waals surface area contributed by atoms with Crippen molar-refractivity contribution in [2.24, 2.45) is 0 Å². The van der Waals surface area contributed by atoms with E-state index in [1.54, 1.807) is 20.3 Å². The normalized spacial score (nSPS) is 10.9. The molecule has 3 aromatic carbocycles. The summed E-state index contributed by atoms with van der Waals surface area (Å²) < 4.78 is 16.7. The summed E-state index contributed by atoms with van der Waals surface area (Å²) in [6, 6.07) is 18.5. The number of ether oxygens (including phenoxy) is 2. The first-order chi connectivity index (χ1) is 14.0. The fraction of sp³-hybridized carbons (Fsp3) is 0.125. The van der Waals surface area contributed by atoms with Crippen LogP contribution in [0.5, 0.6) is 11.5 Å². The molecule has 5 nitrogen and oxygen atoms in total. The molecule has 0 spiro atoms. The van der Waals surface area contributed by atoms with E-state index in [0.717, 1.165) is 33.8 Å². The van der Waals surface area contributed by atoms with Crippen molar-refractivity contribution in [1.29, 1.82) is 0 Å². The summed E-state index contributed by atoms with van der Waals surface area (Å²) in [7, 11) is 3.22. The van der Waals surface area contributed by atoms with Crippen molar-refractivity contribution >= 4 is 16.9 Å². The Bertz CT molecular complexity index is 1180. The fourth-order valence-corrected chi connectivity index (χ4v) is 3.51. The number of carboxylic acids is 1. The van der Waals surface area contributed by atoms with Gasteiger partial charge in [-0.2, -0.15) is 0 Å². The van der Waals surface area contributed by atoms with Gasteiger partial charge in [-0.15, -0.1) is 0 Å². The average molecular weight is 388 g/mol. The van der Waals surface area contributed by atoms with Crippen LogP contribution in [0.25, 0.3) is 33.4 Å². The molecular formula is C24H20O5. The lowest BCUT2D eigenvalue weighted by molar-refractivity contribution is 0.0699. The number of carboxylic acid groups (broad SMARTS) is 1. The molecule has 4 aromatic rings. The van der Waals surface area contributed by atoms with Crippen LogP contribution in [0.3, 0.4) is 0 Å². The van der Waals surface area contributed by atoms with Gasteiger partial charge in [-0.3, -0.25) is 0 Å². The molecule has 1 N–H and O–H groups in total. The summed E-state index contributed by atoms with van der Waals surface area (Å²) in [4.78, 5) is 12.0. The quantitative estimate of drug-likeness (QED) is 0.469. The van der Waals surface area contributed by atoms with Gasteiger partial charge in [-0.25, -0.2) is 4.79 Å². The minimum Gasteiger partial charge on any atom is -0.497 e. The van der Waals surface area contributed by atoms with Crippen LogP contribution in [0, 0.1) is 6.92 Å². The van der Waals surface area contributed by atoms with Crippen molar-refractivity contribution in [2.75, 3.05) is 14.2 Å². The highest BCUT2D eigenvalue weighted by Crippen LogP contribution is 2.43. The molecule has 5 heteroatoms. The van der Waals surface area contributed by atoms with Crippen molar-refractivity contribution in [3.63, 3.8) is 0 Å². The Morgan fingerprint density at radius 3 is 1.93 bits per heavy atom. The van der Waals surface area contributed by atoms with E-state index in [2.05, 4.69) is 0 Å². The lowest BCUT2D eigenvalue weighted by Gasteiger charge is -2.08. The highest BCUT2D eigenvalue weighted by atomic mass is 16.5. The van der Waals surface area contributed by atoms with Gasteiger partial charge in [-0.05, 0) is 66.6 Å². The molecular weight excluding hydrogens is 368 g/mol. The standard InChI is InChI=1S/C24H20O5/c1-14-12-19(24(25)26)22-20(13-14)29-23(16-6-10-18(28-3)11-7-16)21(22)15-4-8-17(27-2)9-5-15/h4-13H,1-3H3,(H,25,26). The molecule has 4 rings (SSSR count). The molecule has 29 heavy (non-hydrogen) atoms. The Kier molecular flexibility index (Phi) is 4.72. The number of fused-ring (bicyclic) bond motifs is 1. The molecule has 1 aromatic heterocycles. The number of furan rings is 1. The molecule has 0 aliphatic rings. The largest absolute Gasteiger partial charge is 0.497 e. The maximum Gasteiger partial charge on any atom is 0.336 e. The van der Waals surface area contributed by atoms with Gasteiger partial charge >= 0.3 is 5.97 Å². The maximum atomic E-state index is 12.0. The van der Waals surface area contributed by atoms with Gasteiger partial charge in [0.2, 0.25) is 0 Å². The zero-order valence-electron chi connectivity index (χ0n) is 16.4. The van der Waals surface area contributed by atoms with Crippen LogP contribution in [0.2, 0.25) is 0 Å². The minimum atomic E-state index is -0.990. The molecule has 0 unspecified atom stereocenters. The molecule has 0 fully saturated rings. The molecule has 0 saturated heterocycles. The second-order valence-electron chi connectivity index (χ2n) is 6.75. The van der Waals surface area contributed by atoms with Gasteiger partial charge in [-0.1, -0.05) is 12.1 Å². The van der Waals surface area contributed by atoms with Crippen molar-refractivity contribution in [3.8, 4) is 33.9 Å². The van der Waals surface area contributed by atoms with Crippen molar-refractivity contribution in [1.82, 2.24) is 0 Å². The van der Waals surface area contributed by atoms with Gasteiger partial charge in [0.1, 0.15) is 22.8 Å². The molecule has 0 aliphatic carbocycles. The van der Waals surface area contributed by atoms with Crippen molar-refractivity contribution in [2.45, 2.75) is 6.92 Å². The first-order valence-corrected chi connectivity index (χ1v) is 9.11. The summed E-state index contributed by atoms with van der Waals surface area (Å²) in [6.45, 7) is 1.86. The number of aromatic carboxylic acids is 1. The van der Waals surface area contributed by atoms with Gasteiger partial charge in [0.05, 0.1) is 19.8 Å². The first-order valence-electron chi connectivity index (χ1n) is 9.11. The van der Waals surface area contributed by atoms with Crippen LogP contribution in [-0.4, -0.2) is 25.3 Å². The molecule has 0 aliphatic heterocycles. The third kappa shape index (κ3) is 3.31. The van der Waals surface area contributed by atoms with E-state index in [1.807, 2.05) is 61.5 Å². The molecule has 146 valence electrons. The van der Waals surface area contributed by atoms with Crippen LogP contribution < -0.4 is 9.47 Å². The molecule has 0 saturated carbocycles. The number of aryl methyl sites for hydroxylation is 1. The van der Waals surface area contributed by atoms with Crippen LogP contribution in [-0.2, 0) is 0 Å². The Morgan fingerprint density at radius 1 is 0.862 bits per heavy atom. The Hall–Kier alpha value is -3.73. The van der Waals surface area contributed by atoms with E-state index in [4.69, 9.17) is 13.9 Å². The monoisotopic (exact) mass is 388 g/mol. The highest BCUT2D eigenvalue weighted by molar-refractivity contribution is 6.12. The SMILES string of the molecule is COc1ccc(-c2oc3cc(C)cc(C(=O)O)c3c2-c2ccc(OC)cc2)cc1. The van der Waals surface area contributed by atoms with Crippen LogP contribution in [0.1, 0.15) is 15.9 Å². The summed E-state index contributed by atoms with van der Waals surface area (Å²) in [5, 5.41) is 10.4. The zero-order valence-corrected chi connectivity index (χ0v) is 16.4. The number of methoxy groups -OCH3 is 2. The van der Waals surface area contributed by atoms with Gasteiger partial charge < -0.3 is 19.0 Å². The lowest BCUT2D eigenvalue weighted by atomic mass is 9.95. The van der Waals surface area contributed by atoms with E-state index in [1.165, 1.54) is 0 Å². The summed E-state index contributed by atoms with van der Waals surface area (Å²) >= 11 is 0. The average Bonchev–Trinajstić information content (AvgIpc) is 3.12. The Labute approximate surface area is 168 Å². The second kappa shape index (κ2) is 7.36. The maximum absolute atomic E-state index is 12.0. The van der Waals surface area contributed by atoms with Crippen LogP contribution >= 0.6 is 0 Å². The summed E-state index contributed by atoms with van der Waals surface area (Å²) in [5.41, 5.74) is 4.01. The minimum absolute atomic E-state index is 0.217. The van der Waals surface area contributed by atoms with E-state index in [0.29, 0.717) is 16.7 Å². The molecule has 0 radical (unpaired) electrons. The molecule has 0 amide bonds. The third-order valence-corrected chi connectivity index (χ3v) is 4.90. The zero-order chi connectivity index (χ0) is 20.5. The van der Waals surface area contributed by atoms with Crippen molar-refractivity contribution in [3.05, 3.63) is 71.8 Å². The van der Waals surface area contributed by atoms with Crippen LogP contribution in [0.15, 0.2) is 65.1 Å². The first kappa shape index (κ1) is 18.6. The molecule has 0 bridgehead atoms. The number of carbonyl (C=O) groups is 1. The van der Waals surface area contributed by atoms with Gasteiger partial charge in [0.15, 0.2) is 0 Å². The number of rotatable bonds is 5. The number of hydrogen-bond donors (Lipinski definition) is 1. The third-order valence-electron chi connectivity index (χ3n) is 4.90. The van der Waals surface area contributed by atoms with E-state index in [-0.39, 0.29) is 5.56 Å². The smallest absolute Gasteiger partial charge is 0.336 e.